The third-order valence-corrected chi connectivity index (χ3v) is 4.67. The van der Waals surface area contributed by atoms with Crippen molar-refractivity contribution in [2.24, 2.45) is 0 Å². The summed E-state index contributed by atoms with van der Waals surface area (Å²) in [5, 5.41) is 0. The molecule has 1 aliphatic rings. The lowest BCUT2D eigenvalue weighted by molar-refractivity contribution is -0.116. The smallest absolute Gasteiger partial charge is 0.289 e. The second-order valence-corrected chi connectivity index (χ2v) is 6.59. The molecule has 2 heterocycles. The number of quaternary nitrogens is 1. The van der Waals surface area contributed by atoms with E-state index in [2.05, 4.69) is 9.97 Å². The van der Waals surface area contributed by atoms with Gasteiger partial charge in [0.25, 0.3) is 5.91 Å². The topological polar surface area (TPSA) is 54.9 Å². The first-order valence-electron chi connectivity index (χ1n) is 7.85. The number of benzene rings is 1. The molecule has 0 aliphatic carbocycles. The zero-order valence-electron chi connectivity index (χ0n) is 13.6. The average molecular weight is 381 g/mol. The van der Waals surface area contributed by atoms with Crippen LogP contribution in [-0.4, -0.2) is 34.5 Å². The SMILES string of the molecule is O=C(NSC(F)(F)F)C1=CC[N+](c2ccccc2)(c2ncccn2)CC1. The Kier molecular flexibility index (Phi) is 5.28. The van der Waals surface area contributed by atoms with Gasteiger partial charge in [0.2, 0.25) is 0 Å². The van der Waals surface area contributed by atoms with Gasteiger partial charge in [0.15, 0.2) is 0 Å². The van der Waals surface area contributed by atoms with Crippen LogP contribution >= 0.6 is 11.9 Å². The lowest BCUT2D eigenvalue weighted by Gasteiger charge is -2.37. The van der Waals surface area contributed by atoms with Crippen LogP contribution in [-0.2, 0) is 4.79 Å². The Bertz CT molecular complexity index is 757. The van der Waals surface area contributed by atoms with Crippen LogP contribution in [0.2, 0.25) is 0 Å². The number of nitrogens with one attached hydrogen (secondary N) is 1. The third kappa shape index (κ3) is 4.05. The van der Waals surface area contributed by atoms with Crippen LogP contribution in [0.15, 0.2) is 60.4 Å². The molecule has 1 unspecified atom stereocenters. The van der Waals surface area contributed by atoms with Crippen LogP contribution in [0.25, 0.3) is 0 Å². The molecule has 0 bridgehead atoms. The maximum absolute atomic E-state index is 12.3. The monoisotopic (exact) mass is 381 g/mol. The van der Waals surface area contributed by atoms with Gasteiger partial charge in [0, 0.05) is 24.4 Å². The fraction of sp³-hybridized carbons (Fsp3) is 0.235. The van der Waals surface area contributed by atoms with Gasteiger partial charge in [0.1, 0.15) is 12.2 Å². The molecule has 0 spiro atoms. The molecule has 0 saturated heterocycles. The van der Waals surface area contributed by atoms with Crippen LogP contribution in [0.3, 0.4) is 0 Å². The van der Waals surface area contributed by atoms with E-state index >= 15 is 0 Å². The predicted molar refractivity (Wildman–Crippen MR) is 94.2 cm³/mol. The first-order valence-corrected chi connectivity index (χ1v) is 8.67. The van der Waals surface area contributed by atoms with E-state index in [0.29, 0.717) is 35.5 Å². The number of halogens is 3. The van der Waals surface area contributed by atoms with Gasteiger partial charge in [-0.1, -0.05) is 18.2 Å². The zero-order valence-corrected chi connectivity index (χ0v) is 14.4. The molecule has 3 rings (SSSR count). The molecule has 26 heavy (non-hydrogen) atoms. The van der Waals surface area contributed by atoms with Crippen LogP contribution in [0.5, 0.6) is 0 Å². The summed E-state index contributed by atoms with van der Waals surface area (Å²) in [6.07, 6.45) is 5.28. The van der Waals surface area contributed by atoms with Crippen molar-refractivity contribution >= 4 is 29.5 Å². The number of alkyl halides is 3. The Labute approximate surface area is 152 Å². The number of para-hydroxylation sites is 1. The Balaban J connectivity index is 1.86. The number of rotatable bonds is 4. The second-order valence-electron chi connectivity index (χ2n) is 5.72. The van der Waals surface area contributed by atoms with Crippen molar-refractivity contribution < 1.29 is 18.0 Å². The van der Waals surface area contributed by atoms with E-state index in [1.54, 1.807) is 24.5 Å². The molecular weight excluding hydrogens is 365 g/mol. The minimum atomic E-state index is -4.51. The van der Waals surface area contributed by atoms with Gasteiger partial charge < -0.3 is 0 Å². The van der Waals surface area contributed by atoms with E-state index < -0.39 is 23.4 Å². The fourth-order valence-corrected chi connectivity index (χ4v) is 3.24. The number of hydrogen-bond acceptors (Lipinski definition) is 4. The first kappa shape index (κ1) is 18.4. The summed E-state index contributed by atoms with van der Waals surface area (Å²) >= 11 is -0.542. The lowest BCUT2D eigenvalue weighted by atomic mass is 10.0. The molecule has 0 saturated carbocycles. The molecule has 2 aromatic rings. The summed E-state index contributed by atoms with van der Waals surface area (Å²) < 4.78 is 38.9. The second kappa shape index (κ2) is 7.46. The maximum Gasteiger partial charge on any atom is 0.461 e. The van der Waals surface area contributed by atoms with Crippen LogP contribution < -0.4 is 9.21 Å². The molecule has 0 radical (unpaired) electrons. The van der Waals surface area contributed by atoms with Gasteiger partial charge in [-0.25, -0.2) is 4.48 Å². The standard InChI is InChI=1S/C17H15F3N4OS/c18-17(19,20)26-23-15(25)13-7-11-24(12-8-13,14-5-2-1-3-6-14)16-21-9-4-10-22-16/h1-7,9-10H,8,11-12H2/p+1. The van der Waals surface area contributed by atoms with Crippen molar-refractivity contribution in [1.29, 1.82) is 0 Å². The van der Waals surface area contributed by atoms with E-state index in [-0.39, 0.29) is 0 Å². The summed E-state index contributed by atoms with van der Waals surface area (Å²) in [5.74, 6) is -0.133. The van der Waals surface area contributed by atoms with Gasteiger partial charge in [-0.15, -0.1) is 0 Å². The zero-order chi connectivity index (χ0) is 18.6. The van der Waals surface area contributed by atoms with Crippen molar-refractivity contribution in [3.05, 3.63) is 60.4 Å². The van der Waals surface area contributed by atoms with Gasteiger partial charge in [0.05, 0.1) is 18.5 Å². The number of nitrogens with zero attached hydrogens (tertiary/aromatic N) is 3. The first-order chi connectivity index (χ1) is 12.4. The van der Waals surface area contributed by atoms with E-state index in [1.807, 2.05) is 35.1 Å². The summed E-state index contributed by atoms with van der Waals surface area (Å²) in [5.41, 5.74) is -3.21. The van der Waals surface area contributed by atoms with Gasteiger partial charge in [-0.05, 0) is 24.3 Å². The predicted octanol–water partition coefficient (Wildman–Crippen LogP) is 3.73. The summed E-state index contributed by atoms with van der Waals surface area (Å²) in [7, 11) is 0. The van der Waals surface area contributed by atoms with Gasteiger partial charge in [-0.2, -0.15) is 23.1 Å². The Morgan fingerprint density at radius 1 is 1.12 bits per heavy atom. The molecule has 5 nitrogen and oxygen atoms in total. The van der Waals surface area contributed by atoms with Gasteiger partial charge >= 0.3 is 11.5 Å². The fourth-order valence-electron chi connectivity index (χ4n) is 2.90. The summed E-state index contributed by atoms with van der Waals surface area (Å²) in [6.45, 7) is 0.859. The number of amides is 1. The Morgan fingerprint density at radius 3 is 2.38 bits per heavy atom. The van der Waals surface area contributed by atoms with Crippen LogP contribution in [0.1, 0.15) is 6.42 Å². The maximum atomic E-state index is 12.3. The summed E-state index contributed by atoms with van der Waals surface area (Å²) in [4.78, 5) is 20.7. The largest absolute Gasteiger partial charge is 0.461 e. The quantitative estimate of drug-likeness (QED) is 0.648. The Morgan fingerprint density at radius 2 is 1.81 bits per heavy atom. The highest BCUT2D eigenvalue weighted by atomic mass is 32.2. The molecule has 9 heteroatoms. The molecule has 1 aromatic carbocycles. The van der Waals surface area contributed by atoms with E-state index in [4.69, 9.17) is 0 Å². The highest BCUT2D eigenvalue weighted by Gasteiger charge is 2.39. The van der Waals surface area contributed by atoms with Crippen molar-refractivity contribution in [2.45, 2.75) is 11.9 Å². The number of carbonyl (C=O) groups excluding carboxylic acids is 1. The van der Waals surface area contributed by atoms with E-state index in [0.717, 1.165) is 5.69 Å². The highest BCUT2D eigenvalue weighted by Crippen LogP contribution is 2.35. The normalized spacial score (nSPS) is 20.3. The molecule has 136 valence electrons. The van der Waals surface area contributed by atoms with Crippen molar-refractivity contribution in [2.75, 3.05) is 13.1 Å². The molecular formula is C17H16F3N4OS+. The molecule has 1 N–H and O–H groups in total. The molecule has 1 atom stereocenters. The van der Waals surface area contributed by atoms with Crippen molar-refractivity contribution in [3.63, 3.8) is 0 Å². The van der Waals surface area contributed by atoms with Crippen LogP contribution in [0, 0.1) is 0 Å². The Hall–Kier alpha value is -2.39. The molecule has 1 aliphatic heterocycles. The highest BCUT2D eigenvalue weighted by molar-refractivity contribution is 7.98. The minimum absolute atomic E-state index is 0.310. The number of aromatic nitrogens is 2. The number of hydrogen-bond donors (Lipinski definition) is 1. The lowest BCUT2D eigenvalue weighted by Crippen LogP contribution is -2.49. The van der Waals surface area contributed by atoms with Crippen molar-refractivity contribution in [3.8, 4) is 0 Å². The summed E-state index contributed by atoms with van der Waals surface area (Å²) in [6, 6.07) is 11.3. The number of carbonyl (C=O) groups is 1. The minimum Gasteiger partial charge on any atom is -0.289 e. The molecule has 1 aromatic heterocycles. The molecule has 1 amide bonds. The third-order valence-electron chi connectivity index (χ3n) is 4.15. The van der Waals surface area contributed by atoms with E-state index in [9.17, 15) is 18.0 Å². The van der Waals surface area contributed by atoms with E-state index in [1.165, 1.54) is 0 Å². The van der Waals surface area contributed by atoms with Crippen LogP contribution in [0.4, 0.5) is 24.8 Å². The van der Waals surface area contributed by atoms with Crippen molar-refractivity contribution in [1.82, 2.24) is 19.2 Å². The molecule has 0 fully saturated rings. The van der Waals surface area contributed by atoms with Gasteiger partial charge in [-0.3, -0.25) is 9.52 Å². The average Bonchev–Trinajstić information content (AvgIpc) is 2.67.